The van der Waals surface area contributed by atoms with E-state index in [1.165, 1.54) is 4.90 Å². The fraction of sp³-hybridized carbons (Fsp3) is 0.100. The van der Waals surface area contributed by atoms with Gasteiger partial charge in [0.2, 0.25) is 0 Å². The molecule has 1 saturated heterocycles. The van der Waals surface area contributed by atoms with Crippen LogP contribution >= 0.6 is 24.0 Å². The molecule has 3 nitrogen and oxygen atoms in total. The first-order valence-corrected chi connectivity index (χ1v) is 5.57. The van der Waals surface area contributed by atoms with E-state index in [9.17, 15) is 4.79 Å². The first-order valence-electron chi connectivity index (χ1n) is 4.34. The van der Waals surface area contributed by atoms with Gasteiger partial charge in [0, 0.05) is 0 Å². The average Bonchev–Trinajstić information content (AvgIpc) is 2.47. The predicted molar refractivity (Wildman–Crippen MR) is 64.9 cm³/mol. The summed E-state index contributed by atoms with van der Waals surface area (Å²) in [6.07, 6.45) is 0. The quantitative estimate of drug-likeness (QED) is 0.799. The summed E-state index contributed by atoms with van der Waals surface area (Å²) in [4.78, 5) is 12.9. The van der Waals surface area contributed by atoms with Gasteiger partial charge in [0.25, 0.3) is 5.91 Å². The topological polar surface area (TPSA) is 44.2 Å². The molecule has 2 rings (SSSR count). The van der Waals surface area contributed by atoms with Crippen LogP contribution < -0.4 is 0 Å². The average molecular weight is 236 g/mol. The number of thioether (sulfide) groups is 1. The fourth-order valence-corrected chi connectivity index (χ4v) is 2.28. The Morgan fingerprint density at radius 3 is 2.53 bits per heavy atom. The number of rotatable bonds is 2. The molecule has 0 atom stereocenters. The molecule has 15 heavy (non-hydrogen) atoms. The third kappa shape index (κ3) is 2.08. The lowest BCUT2D eigenvalue weighted by molar-refractivity contribution is -0.120. The summed E-state index contributed by atoms with van der Waals surface area (Å²) in [7, 11) is 0. The van der Waals surface area contributed by atoms with Crippen molar-refractivity contribution in [1.82, 2.24) is 4.90 Å². The van der Waals surface area contributed by atoms with Gasteiger partial charge in [-0.3, -0.25) is 15.1 Å². The Labute approximate surface area is 97.0 Å². The second kappa shape index (κ2) is 4.12. The van der Waals surface area contributed by atoms with Crippen molar-refractivity contribution >= 4 is 39.3 Å². The smallest absolute Gasteiger partial charge is 0.278 e. The maximum absolute atomic E-state index is 11.5. The molecule has 1 amide bonds. The van der Waals surface area contributed by atoms with Crippen LogP contribution in [-0.2, 0) is 11.3 Å². The van der Waals surface area contributed by atoms with E-state index in [-0.39, 0.29) is 15.3 Å². The van der Waals surface area contributed by atoms with Crippen LogP contribution in [-0.4, -0.2) is 20.2 Å². The molecule has 1 aliphatic heterocycles. The number of hydrogen-bond donors (Lipinski definition) is 1. The van der Waals surface area contributed by atoms with Gasteiger partial charge in [-0.05, 0) is 17.3 Å². The molecule has 0 bridgehead atoms. The summed E-state index contributed by atoms with van der Waals surface area (Å²) >= 11 is 5.89. The van der Waals surface area contributed by atoms with Gasteiger partial charge in [-0.2, -0.15) is 0 Å². The van der Waals surface area contributed by atoms with Crippen molar-refractivity contribution in [3.63, 3.8) is 0 Å². The normalized spacial score (nSPS) is 16.3. The summed E-state index contributed by atoms with van der Waals surface area (Å²) in [5, 5.41) is 7.81. The van der Waals surface area contributed by atoms with Crippen LogP contribution in [0.1, 0.15) is 5.56 Å². The summed E-state index contributed by atoms with van der Waals surface area (Å²) in [5.41, 5.74) is 1.00. The van der Waals surface area contributed by atoms with Gasteiger partial charge in [0.05, 0.1) is 6.54 Å². The van der Waals surface area contributed by atoms with Crippen molar-refractivity contribution in [3.05, 3.63) is 35.9 Å². The van der Waals surface area contributed by atoms with E-state index >= 15 is 0 Å². The Hall–Kier alpha value is -1.20. The van der Waals surface area contributed by atoms with Crippen molar-refractivity contribution in [2.75, 3.05) is 0 Å². The number of amidine groups is 1. The second-order valence-corrected chi connectivity index (χ2v) is 4.74. The van der Waals surface area contributed by atoms with Crippen molar-refractivity contribution in [3.8, 4) is 0 Å². The zero-order valence-electron chi connectivity index (χ0n) is 7.77. The predicted octanol–water partition coefficient (Wildman–Crippen LogP) is 2.02. The maximum atomic E-state index is 11.5. The molecule has 0 radical (unpaired) electrons. The van der Waals surface area contributed by atoms with Crippen LogP contribution in [0.5, 0.6) is 0 Å². The third-order valence-electron chi connectivity index (χ3n) is 2.04. The van der Waals surface area contributed by atoms with E-state index in [0.717, 1.165) is 17.3 Å². The Kier molecular flexibility index (Phi) is 2.83. The monoisotopic (exact) mass is 236 g/mol. The van der Waals surface area contributed by atoms with E-state index in [1.807, 2.05) is 30.3 Å². The van der Waals surface area contributed by atoms with Crippen molar-refractivity contribution < 1.29 is 4.79 Å². The number of thiocarbonyl (C=S) groups is 1. The Morgan fingerprint density at radius 1 is 1.33 bits per heavy atom. The first-order chi connectivity index (χ1) is 7.18. The van der Waals surface area contributed by atoms with Crippen LogP contribution in [0, 0.1) is 5.41 Å². The van der Waals surface area contributed by atoms with Crippen LogP contribution in [0.15, 0.2) is 30.3 Å². The number of nitrogens with one attached hydrogen (secondary N) is 1. The van der Waals surface area contributed by atoms with Crippen molar-refractivity contribution in [2.24, 2.45) is 0 Å². The van der Waals surface area contributed by atoms with Gasteiger partial charge in [0.15, 0.2) is 5.17 Å². The zero-order chi connectivity index (χ0) is 10.8. The van der Waals surface area contributed by atoms with E-state index in [0.29, 0.717) is 6.54 Å². The largest absolute Gasteiger partial charge is 0.282 e. The standard InChI is InChI=1S/C10H8N2OS2/c11-10-12(8(13)9(14)15-10)6-7-4-2-1-3-5-7/h1-5,11H,6H2. The molecule has 1 aliphatic rings. The van der Waals surface area contributed by atoms with E-state index in [1.54, 1.807) is 0 Å². The number of amides is 1. The fourth-order valence-electron chi connectivity index (χ4n) is 1.30. The lowest BCUT2D eigenvalue weighted by Gasteiger charge is -2.13. The second-order valence-electron chi connectivity index (χ2n) is 3.07. The van der Waals surface area contributed by atoms with Gasteiger partial charge >= 0.3 is 0 Å². The van der Waals surface area contributed by atoms with Gasteiger partial charge < -0.3 is 0 Å². The number of hydrogen-bond acceptors (Lipinski definition) is 4. The molecule has 0 spiro atoms. The van der Waals surface area contributed by atoms with Crippen molar-refractivity contribution in [2.45, 2.75) is 6.54 Å². The Morgan fingerprint density at radius 2 is 2.00 bits per heavy atom. The Bertz CT molecular complexity index is 430. The summed E-state index contributed by atoms with van der Waals surface area (Å²) in [5.74, 6) is -0.233. The molecule has 0 aliphatic carbocycles. The van der Waals surface area contributed by atoms with Gasteiger partial charge in [-0.1, -0.05) is 42.5 Å². The number of nitrogens with zero attached hydrogens (tertiary/aromatic N) is 1. The molecule has 5 heteroatoms. The van der Waals surface area contributed by atoms with E-state index < -0.39 is 0 Å². The molecule has 0 unspecified atom stereocenters. The highest BCUT2D eigenvalue weighted by atomic mass is 32.2. The third-order valence-corrected chi connectivity index (χ3v) is 3.24. The molecule has 1 fully saturated rings. The molecular formula is C10H8N2OS2. The molecule has 1 heterocycles. The molecular weight excluding hydrogens is 228 g/mol. The number of carbonyl (C=O) groups excluding carboxylic acids is 1. The summed E-state index contributed by atoms with van der Waals surface area (Å²) in [6, 6.07) is 9.58. The minimum absolute atomic E-state index is 0.217. The van der Waals surface area contributed by atoms with Crippen LogP contribution in [0.25, 0.3) is 0 Å². The van der Waals surface area contributed by atoms with E-state index in [2.05, 4.69) is 0 Å². The highest BCUT2D eigenvalue weighted by molar-refractivity contribution is 8.35. The van der Waals surface area contributed by atoms with Crippen LogP contribution in [0.2, 0.25) is 0 Å². The molecule has 76 valence electrons. The zero-order valence-corrected chi connectivity index (χ0v) is 9.40. The molecule has 1 aromatic rings. The molecule has 0 saturated carbocycles. The number of benzene rings is 1. The van der Waals surface area contributed by atoms with Gasteiger partial charge in [-0.25, -0.2) is 0 Å². The SMILES string of the molecule is N=C1SC(=S)C(=O)N1Cc1ccccc1. The van der Waals surface area contributed by atoms with Gasteiger partial charge in [-0.15, -0.1) is 0 Å². The van der Waals surface area contributed by atoms with E-state index in [4.69, 9.17) is 17.6 Å². The Balaban J connectivity index is 2.16. The lowest BCUT2D eigenvalue weighted by atomic mass is 10.2. The molecule has 0 aromatic heterocycles. The minimum atomic E-state index is -0.233. The van der Waals surface area contributed by atoms with Crippen LogP contribution in [0.3, 0.4) is 0 Å². The highest BCUT2D eigenvalue weighted by Gasteiger charge is 2.32. The summed E-state index contributed by atoms with van der Waals surface area (Å²) < 4.78 is 0.260. The maximum Gasteiger partial charge on any atom is 0.278 e. The highest BCUT2D eigenvalue weighted by Crippen LogP contribution is 2.23. The van der Waals surface area contributed by atoms with Crippen LogP contribution in [0.4, 0.5) is 0 Å². The molecule has 1 aromatic carbocycles. The minimum Gasteiger partial charge on any atom is -0.282 e. The lowest BCUT2D eigenvalue weighted by Crippen LogP contribution is -2.29. The molecule has 1 N–H and O–H groups in total. The van der Waals surface area contributed by atoms with Gasteiger partial charge in [0.1, 0.15) is 4.20 Å². The number of carbonyl (C=O) groups is 1. The first kappa shape index (κ1) is 10.3. The van der Waals surface area contributed by atoms with Crippen molar-refractivity contribution in [1.29, 1.82) is 5.41 Å². The summed E-state index contributed by atoms with van der Waals surface area (Å²) in [6.45, 7) is 0.422.